The molecule has 8 heteroatoms. The molecule has 1 aliphatic heterocycles. The minimum absolute atomic E-state index is 0.00751. The predicted octanol–water partition coefficient (Wildman–Crippen LogP) is 2.62. The number of likely N-dealkylation sites (tertiary alicyclic amines) is 1. The number of anilines is 2. The number of aromatic nitrogens is 2. The van der Waals surface area contributed by atoms with Crippen molar-refractivity contribution in [2.75, 3.05) is 37.4 Å². The van der Waals surface area contributed by atoms with Crippen LogP contribution in [0.2, 0.25) is 5.02 Å². The Balaban J connectivity index is 2.02. The average molecular weight is 343 g/mol. The van der Waals surface area contributed by atoms with E-state index in [0.717, 1.165) is 6.42 Å². The Morgan fingerprint density at radius 1 is 1.57 bits per heavy atom. The third kappa shape index (κ3) is 4.86. The van der Waals surface area contributed by atoms with Gasteiger partial charge in [0.05, 0.1) is 7.54 Å². The molecule has 1 aliphatic rings. The third-order valence-corrected chi connectivity index (χ3v) is 3.52. The summed E-state index contributed by atoms with van der Waals surface area (Å²) in [6.45, 7) is 6.64. The van der Waals surface area contributed by atoms with Crippen molar-refractivity contribution in [3.63, 3.8) is 0 Å². The first-order chi connectivity index (χ1) is 11.1. The molecule has 1 aromatic rings. The number of nitrogens with zero attached hydrogens (tertiary/aromatic N) is 4. The fourth-order valence-corrected chi connectivity index (χ4v) is 2.49. The van der Waals surface area contributed by atoms with E-state index in [0.29, 0.717) is 24.9 Å². The summed E-state index contributed by atoms with van der Waals surface area (Å²) in [5.41, 5.74) is -0.511. The number of amides is 1. The van der Waals surface area contributed by atoms with Gasteiger partial charge in [-0.15, -0.1) is 0 Å². The van der Waals surface area contributed by atoms with Crippen LogP contribution in [0.5, 0.6) is 0 Å². The van der Waals surface area contributed by atoms with Gasteiger partial charge in [0.1, 0.15) is 10.6 Å². The average Bonchev–Trinajstić information content (AvgIpc) is 2.89. The van der Waals surface area contributed by atoms with Crippen LogP contribution in [0.4, 0.5) is 16.6 Å². The highest BCUT2D eigenvalue weighted by molar-refractivity contribution is 6.32. The van der Waals surface area contributed by atoms with Crippen LogP contribution in [0.25, 0.3) is 0 Å². The Morgan fingerprint density at radius 2 is 2.26 bits per heavy atom. The Labute approximate surface area is 143 Å². The fourth-order valence-electron chi connectivity index (χ4n) is 2.24. The number of ether oxygens (including phenoxy) is 1. The monoisotopic (exact) mass is 342 g/mol. The zero-order valence-corrected chi connectivity index (χ0v) is 14.9. The number of nitrogens with one attached hydrogen (secondary N) is 1. The van der Waals surface area contributed by atoms with Gasteiger partial charge in [0.25, 0.3) is 0 Å². The molecule has 7 nitrogen and oxygen atoms in total. The van der Waals surface area contributed by atoms with Gasteiger partial charge < -0.3 is 19.9 Å². The molecule has 0 aromatic carbocycles. The third-order valence-electron chi connectivity index (χ3n) is 3.26. The van der Waals surface area contributed by atoms with Crippen molar-refractivity contribution >= 4 is 29.5 Å². The summed E-state index contributed by atoms with van der Waals surface area (Å²) in [5.74, 6) is 0.824. The number of carbonyl (C=O) groups excluding carboxylic acids is 1. The molecule has 0 radical (unpaired) electrons. The van der Waals surface area contributed by atoms with Crippen molar-refractivity contribution in [1.82, 2.24) is 14.9 Å². The molecule has 1 N–H and O–H groups in total. The summed E-state index contributed by atoms with van der Waals surface area (Å²) in [6, 6.07) is 0.00751. The van der Waals surface area contributed by atoms with Gasteiger partial charge in [-0.05, 0) is 27.2 Å². The molecule has 2 rings (SSSR count). The van der Waals surface area contributed by atoms with Crippen LogP contribution in [-0.4, -0.2) is 59.8 Å². The molecular weight excluding hydrogens is 318 g/mol. The zero-order valence-electron chi connectivity index (χ0n) is 15.2. The van der Waals surface area contributed by atoms with E-state index in [-0.39, 0.29) is 23.3 Å². The van der Waals surface area contributed by atoms with E-state index >= 15 is 0 Å². The summed E-state index contributed by atoms with van der Waals surface area (Å²) < 4.78 is 13.2. The predicted molar refractivity (Wildman–Crippen MR) is 91.2 cm³/mol. The van der Waals surface area contributed by atoms with Crippen molar-refractivity contribution in [3.8, 4) is 0 Å². The first-order valence-corrected chi connectivity index (χ1v) is 7.90. The molecule has 128 valence electrons. The highest BCUT2D eigenvalue weighted by atomic mass is 35.5. The van der Waals surface area contributed by atoms with Crippen LogP contribution in [-0.2, 0) is 4.74 Å². The van der Waals surface area contributed by atoms with E-state index in [1.807, 2.05) is 20.8 Å². The molecule has 0 spiro atoms. The topological polar surface area (TPSA) is 70.6 Å². The van der Waals surface area contributed by atoms with Gasteiger partial charge >= 0.3 is 6.09 Å². The molecule has 1 aromatic heterocycles. The summed E-state index contributed by atoms with van der Waals surface area (Å²) >= 11 is 6.05. The van der Waals surface area contributed by atoms with Gasteiger partial charge in [-0.2, -0.15) is 4.98 Å². The van der Waals surface area contributed by atoms with E-state index in [1.165, 1.54) is 0 Å². The molecule has 1 amide bonds. The van der Waals surface area contributed by atoms with Crippen molar-refractivity contribution in [2.45, 2.75) is 38.8 Å². The van der Waals surface area contributed by atoms with E-state index < -0.39 is 5.60 Å². The van der Waals surface area contributed by atoms with Crippen LogP contribution < -0.4 is 10.2 Å². The van der Waals surface area contributed by atoms with Gasteiger partial charge in [0.15, 0.2) is 5.82 Å². The second kappa shape index (κ2) is 6.78. The SMILES string of the molecule is [2H]c1nc(N[C@@H]2CCN(C(=O)OC(C)(C)C)C2)nc(N(C)C)c1Cl. The lowest BCUT2D eigenvalue weighted by atomic mass is 10.2. The summed E-state index contributed by atoms with van der Waals surface area (Å²) in [4.78, 5) is 23.9. The van der Waals surface area contributed by atoms with Crippen molar-refractivity contribution in [3.05, 3.63) is 11.2 Å². The highest BCUT2D eigenvalue weighted by Gasteiger charge is 2.30. The molecule has 1 atom stereocenters. The normalized spacial score (nSPS) is 18.6. The number of rotatable bonds is 3. The van der Waals surface area contributed by atoms with Gasteiger partial charge in [-0.25, -0.2) is 9.78 Å². The molecule has 0 saturated carbocycles. The standard InChI is InChI=1S/C15H24ClN5O2/c1-15(2,3)23-14(22)21-7-6-10(9-21)18-13-17-8-11(16)12(19-13)20(4)5/h8,10H,6-7,9H2,1-5H3,(H,17,18,19)/t10-/m1/s1/i8D. The second-order valence-electron chi connectivity index (χ2n) is 6.75. The van der Waals surface area contributed by atoms with Crippen molar-refractivity contribution in [1.29, 1.82) is 0 Å². The zero-order chi connectivity index (χ0) is 18.1. The van der Waals surface area contributed by atoms with Crippen LogP contribution >= 0.6 is 11.6 Å². The van der Waals surface area contributed by atoms with Gasteiger partial charge in [-0.1, -0.05) is 11.6 Å². The van der Waals surface area contributed by atoms with Crippen molar-refractivity contribution < 1.29 is 10.9 Å². The highest BCUT2D eigenvalue weighted by Crippen LogP contribution is 2.23. The van der Waals surface area contributed by atoms with Gasteiger partial charge in [0.2, 0.25) is 5.95 Å². The molecule has 2 heterocycles. The second-order valence-corrected chi connectivity index (χ2v) is 7.13. The van der Waals surface area contributed by atoms with E-state index in [9.17, 15) is 4.79 Å². The lowest BCUT2D eigenvalue weighted by Gasteiger charge is -2.24. The summed E-state index contributed by atoms with van der Waals surface area (Å²) in [5, 5.41) is 3.39. The lowest BCUT2D eigenvalue weighted by molar-refractivity contribution is 0.0293. The van der Waals surface area contributed by atoms with E-state index in [4.69, 9.17) is 17.7 Å². The Kier molecular flexibility index (Phi) is 4.75. The number of hydrogen-bond acceptors (Lipinski definition) is 6. The maximum Gasteiger partial charge on any atom is 0.410 e. The Bertz CT molecular complexity index is 621. The maximum absolute atomic E-state index is 12.1. The largest absolute Gasteiger partial charge is 0.444 e. The number of carbonyl (C=O) groups is 1. The van der Waals surface area contributed by atoms with Crippen LogP contribution in [0, 0.1) is 0 Å². The first-order valence-electron chi connectivity index (χ1n) is 8.03. The quantitative estimate of drug-likeness (QED) is 0.910. The maximum atomic E-state index is 12.1. The molecule has 0 bridgehead atoms. The van der Waals surface area contributed by atoms with Gasteiger partial charge in [-0.3, -0.25) is 0 Å². The van der Waals surface area contributed by atoms with E-state index in [1.54, 1.807) is 23.9 Å². The molecule has 23 heavy (non-hydrogen) atoms. The molecule has 0 unspecified atom stereocenters. The fraction of sp³-hybridized carbons (Fsp3) is 0.667. The lowest BCUT2D eigenvalue weighted by Crippen LogP contribution is -2.36. The Morgan fingerprint density at radius 3 is 2.87 bits per heavy atom. The van der Waals surface area contributed by atoms with Gasteiger partial charge in [0, 0.05) is 33.2 Å². The van der Waals surface area contributed by atoms with Crippen LogP contribution in [0.3, 0.4) is 0 Å². The van der Waals surface area contributed by atoms with Crippen molar-refractivity contribution in [2.24, 2.45) is 0 Å². The Hall–Kier alpha value is -1.76. The minimum Gasteiger partial charge on any atom is -0.444 e. The minimum atomic E-state index is -0.511. The summed E-state index contributed by atoms with van der Waals surface area (Å²) in [7, 11) is 3.61. The summed E-state index contributed by atoms with van der Waals surface area (Å²) in [6.07, 6.45) is 0.411. The first kappa shape index (κ1) is 16.1. The molecule has 1 saturated heterocycles. The molecule has 0 aliphatic carbocycles. The van der Waals surface area contributed by atoms with E-state index in [2.05, 4.69) is 15.3 Å². The number of hydrogen-bond donors (Lipinski definition) is 1. The van der Waals surface area contributed by atoms with Crippen LogP contribution in [0.1, 0.15) is 28.6 Å². The smallest absolute Gasteiger partial charge is 0.410 e. The van der Waals surface area contributed by atoms with Crippen LogP contribution in [0.15, 0.2) is 6.17 Å². The molecule has 1 fully saturated rings. The molecular formula is C15H24ClN5O2. The number of halogens is 1.